The molecule has 3 aromatic rings. The smallest absolute Gasteiger partial charge is 0.277 e. The highest BCUT2D eigenvalue weighted by Gasteiger charge is 2.18. The zero-order chi connectivity index (χ0) is 19.4. The number of para-hydroxylation sites is 2. The number of aryl methyl sites for hydroxylation is 1. The lowest BCUT2D eigenvalue weighted by Crippen LogP contribution is -2.15. The molecule has 1 aromatic heterocycles. The molecule has 0 atom stereocenters. The van der Waals surface area contributed by atoms with Gasteiger partial charge in [0.05, 0.1) is 17.7 Å². The Morgan fingerprint density at radius 2 is 1.89 bits per heavy atom. The highest BCUT2D eigenvalue weighted by Crippen LogP contribution is 2.26. The van der Waals surface area contributed by atoms with Gasteiger partial charge in [-0.3, -0.25) is 9.52 Å². The summed E-state index contributed by atoms with van der Waals surface area (Å²) in [6.45, 7) is 1.67. The van der Waals surface area contributed by atoms with Crippen molar-refractivity contribution in [2.45, 2.75) is 11.8 Å². The number of hydrogen-bond acceptors (Lipinski definition) is 6. The summed E-state index contributed by atoms with van der Waals surface area (Å²) >= 11 is 0. The van der Waals surface area contributed by atoms with Gasteiger partial charge < -0.3 is 14.6 Å². The van der Waals surface area contributed by atoms with Crippen LogP contribution in [0.3, 0.4) is 0 Å². The van der Waals surface area contributed by atoms with E-state index < -0.39 is 15.9 Å². The topological polar surface area (TPSA) is 111 Å². The van der Waals surface area contributed by atoms with Gasteiger partial charge in [-0.1, -0.05) is 23.4 Å². The van der Waals surface area contributed by atoms with Crippen LogP contribution in [0.15, 0.2) is 64.0 Å². The van der Waals surface area contributed by atoms with Gasteiger partial charge in [-0.25, -0.2) is 8.42 Å². The van der Waals surface area contributed by atoms with Crippen molar-refractivity contribution >= 4 is 27.3 Å². The quantitative estimate of drug-likeness (QED) is 0.673. The van der Waals surface area contributed by atoms with Crippen LogP contribution in [-0.4, -0.2) is 26.6 Å². The minimum atomic E-state index is -3.88. The SMILES string of the molecule is COc1ccccc1NS(=O)(=O)c1cccc(NC(=O)c2cc(C)on2)c1. The number of nitrogens with one attached hydrogen (secondary N) is 2. The van der Waals surface area contributed by atoms with Gasteiger partial charge in [0.2, 0.25) is 0 Å². The van der Waals surface area contributed by atoms with Crippen molar-refractivity contribution in [2.75, 3.05) is 17.1 Å². The monoisotopic (exact) mass is 387 g/mol. The third kappa shape index (κ3) is 4.26. The summed E-state index contributed by atoms with van der Waals surface area (Å²) < 4.78 is 37.8. The molecule has 1 heterocycles. The van der Waals surface area contributed by atoms with Crippen LogP contribution in [-0.2, 0) is 10.0 Å². The molecular formula is C18H17N3O5S. The highest BCUT2D eigenvalue weighted by atomic mass is 32.2. The first-order chi connectivity index (χ1) is 12.9. The number of sulfonamides is 1. The maximum atomic E-state index is 12.7. The molecule has 0 unspecified atom stereocenters. The van der Waals surface area contributed by atoms with E-state index in [1.807, 2.05) is 0 Å². The lowest BCUT2D eigenvalue weighted by molar-refractivity contribution is 0.101. The Morgan fingerprint density at radius 1 is 1.11 bits per heavy atom. The predicted molar refractivity (Wildman–Crippen MR) is 99.4 cm³/mol. The Kier molecular flexibility index (Phi) is 5.13. The molecule has 0 aliphatic carbocycles. The largest absolute Gasteiger partial charge is 0.495 e. The Labute approximate surface area is 156 Å². The Morgan fingerprint density at radius 3 is 2.59 bits per heavy atom. The molecule has 27 heavy (non-hydrogen) atoms. The van der Waals surface area contributed by atoms with E-state index in [2.05, 4.69) is 15.2 Å². The summed E-state index contributed by atoms with van der Waals surface area (Å²) in [5, 5.41) is 6.22. The van der Waals surface area contributed by atoms with Crippen molar-refractivity contribution in [3.05, 3.63) is 66.1 Å². The van der Waals surface area contributed by atoms with Gasteiger partial charge in [0, 0.05) is 11.8 Å². The standard InChI is InChI=1S/C18H17N3O5S/c1-12-10-16(20-26-12)18(22)19-13-6-5-7-14(11-13)27(23,24)21-15-8-3-4-9-17(15)25-2/h3-11,21H,1-2H3,(H,19,22). The van der Waals surface area contributed by atoms with Gasteiger partial charge in [0.15, 0.2) is 5.69 Å². The summed E-state index contributed by atoms with van der Waals surface area (Å²) in [6, 6.07) is 14.0. The van der Waals surface area contributed by atoms with Crippen LogP contribution < -0.4 is 14.8 Å². The lowest BCUT2D eigenvalue weighted by Gasteiger charge is -2.12. The van der Waals surface area contributed by atoms with Gasteiger partial charge in [0.1, 0.15) is 11.5 Å². The third-order valence-corrected chi connectivity index (χ3v) is 4.98. The number of carbonyl (C=O) groups is 1. The van der Waals surface area contributed by atoms with Crippen molar-refractivity contribution < 1.29 is 22.5 Å². The fraction of sp³-hybridized carbons (Fsp3) is 0.111. The first-order valence-corrected chi connectivity index (χ1v) is 9.38. The lowest BCUT2D eigenvalue weighted by atomic mass is 10.3. The van der Waals surface area contributed by atoms with Crippen molar-refractivity contribution in [3.63, 3.8) is 0 Å². The summed E-state index contributed by atoms with van der Waals surface area (Å²) in [5.74, 6) is 0.392. The van der Waals surface area contributed by atoms with E-state index in [-0.39, 0.29) is 10.6 Å². The number of amides is 1. The number of aromatic nitrogens is 1. The predicted octanol–water partition coefficient (Wildman–Crippen LogP) is 3.04. The van der Waals surface area contributed by atoms with Crippen molar-refractivity contribution in [3.8, 4) is 5.75 Å². The number of ether oxygens (including phenoxy) is 1. The Balaban J connectivity index is 1.82. The minimum absolute atomic E-state index is 0.0115. The van der Waals surface area contributed by atoms with Crippen LogP contribution in [0.4, 0.5) is 11.4 Å². The molecule has 2 N–H and O–H groups in total. The fourth-order valence-electron chi connectivity index (χ4n) is 2.34. The van der Waals surface area contributed by atoms with Gasteiger partial charge in [-0.2, -0.15) is 0 Å². The molecule has 9 heteroatoms. The number of hydrogen-bond donors (Lipinski definition) is 2. The van der Waals surface area contributed by atoms with E-state index in [1.165, 1.54) is 31.4 Å². The first kappa shape index (κ1) is 18.5. The van der Waals surface area contributed by atoms with Crippen molar-refractivity contribution in [2.24, 2.45) is 0 Å². The maximum absolute atomic E-state index is 12.7. The number of carbonyl (C=O) groups excluding carboxylic acids is 1. The molecule has 0 aliphatic rings. The molecule has 0 aliphatic heterocycles. The van der Waals surface area contributed by atoms with Gasteiger partial charge in [-0.15, -0.1) is 0 Å². The van der Waals surface area contributed by atoms with Gasteiger partial charge >= 0.3 is 0 Å². The van der Waals surface area contributed by atoms with E-state index in [0.717, 1.165) is 0 Å². The number of anilines is 2. The first-order valence-electron chi connectivity index (χ1n) is 7.89. The van der Waals surface area contributed by atoms with Crippen LogP contribution in [0.1, 0.15) is 16.2 Å². The molecule has 140 valence electrons. The fourth-order valence-corrected chi connectivity index (χ4v) is 3.46. The molecule has 8 nitrogen and oxygen atoms in total. The van der Waals surface area contributed by atoms with E-state index in [9.17, 15) is 13.2 Å². The second-order valence-electron chi connectivity index (χ2n) is 5.61. The Hall–Kier alpha value is -3.33. The van der Waals surface area contributed by atoms with Crippen LogP contribution in [0, 0.1) is 6.92 Å². The average Bonchev–Trinajstić information content (AvgIpc) is 3.09. The molecule has 0 bridgehead atoms. The normalized spacial score (nSPS) is 11.0. The zero-order valence-corrected chi connectivity index (χ0v) is 15.4. The maximum Gasteiger partial charge on any atom is 0.277 e. The molecule has 2 aromatic carbocycles. The van der Waals surface area contributed by atoms with E-state index in [0.29, 0.717) is 22.9 Å². The summed E-state index contributed by atoms with van der Waals surface area (Å²) in [7, 11) is -2.43. The van der Waals surface area contributed by atoms with Gasteiger partial charge in [-0.05, 0) is 37.3 Å². The molecule has 0 radical (unpaired) electrons. The summed E-state index contributed by atoms with van der Waals surface area (Å²) in [6.07, 6.45) is 0. The summed E-state index contributed by atoms with van der Waals surface area (Å²) in [4.78, 5) is 12.1. The zero-order valence-electron chi connectivity index (χ0n) is 14.6. The molecule has 0 saturated heterocycles. The molecule has 0 spiro atoms. The van der Waals surface area contributed by atoms with Crippen LogP contribution in [0.2, 0.25) is 0 Å². The third-order valence-electron chi connectivity index (χ3n) is 3.61. The number of rotatable bonds is 6. The molecule has 0 saturated carbocycles. The minimum Gasteiger partial charge on any atom is -0.495 e. The molecular weight excluding hydrogens is 370 g/mol. The second-order valence-corrected chi connectivity index (χ2v) is 7.29. The highest BCUT2D eigenvalue weighted by molar-refractivity contribution is 7.92. The van der Waals surface area contributed by atoms with E-state index in [1.54, 1.807) is 37.3 Å². The van der Waals surface area contributed by atoms with E-state index in [4.69, 9.17) is 9.26 Å². The van der Waals surface area contributed by atoms with Gasteiger partial charge in [0.25, 0.3) is 15.9 Å². The van der Waals surface area contributed by atoms with Crippen LogP contribution in [0.25, 0.3) is 0 Å². The van der Waals surface area contributed by atoms with Crippen molar-refractivity contribution in [1.29, 1.82) is 0 Å². The van der Waals surface area contributed by atoms with E-state index >= 15 is 0 Å². The Bertz CT molecular complexity index is 1080. The summed E-state index contributed by atoms with van der Waals surface area (Å²) in [5.41, 5.74) is 0.726. The number of benzene rings is 2. The average molecular weight is 387 g/mol. The van der Waals surface area contributed by atoms with Crippen LogP contribution in [0.5, 0.6) is 5.75 Å². The number of methoxy groups -OCH3 is 1. The van der Waals surface area contributed by atoms with Crippen molar-refractivity contribution in [1.82, 2.24) is 5.16 Å². The molecule has 0 fully saturated rings. The van der Waals surface area contributed by atoms with Crippen LogP contribution >= 0.6 is 0 Å². The second kappa shape index (κ2) is 7.50. The molecule has 3 rings (SSSR count). The molecule has 1 amide bonds. The number of nitrogens with zero attached hydrogens (tertiary/aromatic N) is 1.